The van der Waals surface area contributed by atoms with E-state index in [-0.39, 0.29) is 10.8 Å². The predicted octanol–water partition coefficient (Wildman–Crippen LogP) is 12.2. The zero-order valence-corrected chi connectivity index (χ0v) is 30.5. The lowest BCUT2D eigenvalue weighted by molar-refractivity contribution is 0.666. The van der Waals surface area contributed by atoms with Gasteiger partial charge < -0.3 is 9.13 Å². The van der Waals surface area contributed by atoms with E-state index in [1.54, 1.807) is 0 Å². The predicted molar refractivity (Wildman–Crippen MR) is 220 cm³/mol. The van der Waals surface area contributed by atoms with Crippen LogP contribution in [-0.4, -0.2) is 9.13 Å². The van der Waals surface area contributed by atoms with Crippen LogP contribution in [0.3, 0.4) is 0 Å². The van der Waals surface area contributed by atoms with Crippen molar-refractivity contribution in [1.29, 1.82) is 10.5 Å². The minimum absolute atomic E-state index is 0.243. The van der Waals surface area contributed by atoms with Crippen LogP contribution in [0.1, 0.15) is 61.1 Å². The molecule has 9 aromatic rings. The lowest BCUT2D eigenvalue weighted by Gasteiger charge is -2.23. The number of fused-ring (bicyclic) bond motifs is 14. The molecule has 2 aliphatic carbocycles. The number of hydrogen-bond donors (Lipinski definition) is 0. The van der Waals surface area contributed by atoms with Crippen LogP contribution < -0.4 is 0 Å². The van der Waals surface area contributed by atoms with Crippen LogP contribution in [0.15, 0.2) is 133 Å². The molecule has 0 unspecified atom stereocenters. The highest BCUT2D eigenvalue weighted by Gasteiger charge is 2.40. The van der Waals surface area contributed by atoms with Crippen molar-refractivity contribution in [3.63, 3.8) is 0 Å². The van der Waals surface area contributed by atoms with Gasteiger partial charge in [-0.25, -0.2) is 0 Å². The third-order valence-corrected chi connectivity index (χ3v) is 12.5. The molecule has 0 atom stereocenters. The van der Waals surface area contributed by atoms with Gasteiger partial charge in [0.2, 0.25) is 0 Å². The Morgan fingerprint density at radius 3 is 1.22 bits per heavy atom. The highest BCUT2D eigenvalue weighted by atomic mass is 15.1. The second kappa shape index (κ2) is 10.4. The molecule has 0 bridgehead atoms. The summed E-state index contributed by atoms with van der Waals surface area (Å²) >= 11 is 0. The van der Waals surface area contributed by atoms with Crippen LogP contribution in [-0.2, 0) is 10.8 Å². The van der Waals surface area contributed by atoms with E-state index in [4.69, 9.17) is 0 Å². The van der Waals surface area contributed by atoms with E-state index in [0.29, 0.717) is 22.5 Å². The molecule has 0 amide bonds. The van der Waals surface area contributed by atoms with E-state index >= 15 is 0 Å². The molecule has 54 heavy (non-hydrogen) atoms. The molecule has 0 saturated heterocycles. The third-order valence-electron chi connectivity index (χ3n) is 12.5. The summed E-state index contributed by atoms with van der Waals surface area (Å²) < 4.78 is 4.51. The number of nitrogens with zero attached hydrogens (tertiary/aromatic N) is 4. The fraction of sp³-hybridized carbons (Fsp3) is 0.120. The molecule has 0 saturated carbocycles. The van der Waals surface area contributed by atoms with Gasteiger partial charge >= 0.3 is 0 Å². The lowest BCUT2D eigenvalue weighted by atomic mass is 9.80. The summed E-state index contributed by atoms with van der Waals surface area (Å²) in [5, 5.41) is 26.6. The first kappa shape index (κ1) is 30.7. The van der Waals surface area contributed by atoms with Gasteiger partial charge in [-0.15, -0.1) is 0 Å². The first-order valence-corrected chi connectivity index (χ1v) is 18.6. The minimum atomic E-state index is -0.243. The molecule has 2 heterocycles. The van der Waals surface area contributed by atoms with Crippen molar-refractivity contribution < 1.29 is 0 Å². The monoisotopic (exact) mass is 690 g/mol. The standard InChI is InChI=1S/C50H34N4/c1-49(2)37-17-9-5-13-31(37)33-23-25-41-43(45(33)49)35-15-7-11-19-39(35)53(41)47-29(27-51)21-22-30(28-52)48(47)54-40-20-12-8-16-36(40)44-42(54)26-24-34-32-14-6-10-18-38(32)50(3,4)46(34)44/h5-26H,1-4H3. The summed E-state index contributed by atoms with van der Waals surface area (Å²) in [6, 6.07) is 52.2. The summed E-state index contributed by atoms with van der Waals surface area (Å²) in [6.07, 6.45) is 0. The third kappa shape index (κ3) is 3.60. The molecule has 11 rings (SSSR count). The van der Waals surface area contributed by atoms with Crippen LogP contribution in [0.5, 0.6) is 0 Å². The molecule has 0 N–H and O–H groups in total. The van der Waals surface area contributed by atoms with E-state index in [1.807, 2.05) is 12.1 Å². The van der Waals surface area contributed by atoms with Gasteiger partial charge in [0.1, 0.15) is 12.1 Å². The fourth-order valence-electron chi connectivity index (χ4n) is 10.4. The highest BCUT2D eigenvalue weighted by Crippen LogP contribution is 2.55. The van der Waals surface area contributed by atoms with Crippen molar-refractivity contribution in [2.45, 2.75) is 38.5 Å². The van der Waals surface area contributed by atoms with Crippen molar-refractivity contribution in [3.05, 3.63) is 167 Å². The topological polar surface area (TPSA) is 57.4 Å². The number of rotatable bonds is 2. The molecule has 4 nitrogen and oxygen atoms in total. The average molecular weight is 691 g/mol. The van der Waals surface area contributed by atoms with E-state index < -0.39 is 0 Å². The first-order valence-electron chi connectivity index (χ1n) is 18.6. The first-order chi connectivity index (χ1) is 26.3. The molecular weight excluding hydrogens is 657 g/mol. The highest BCUT2D eigenvalue weighted by molar-refractivity contribution is 6.17. The Kier molecular flexibility index (Phi) is 5.90. The molecular formula is C50H34N4. The molecule has 0 aliphatic heterocycles. The zero-order valence-electron chi connectivity index (χ0n) is 30.5. The molecule has 0 fully saturated rings. The molecule has 7 aromatic carbocycles. The SMILES string of the molecule is CC1(C)c2ccccc2-c2ccc3c(c21)c1ccccc1n3-c1c(C#N)ccc(C#N)c1-n1c2ccccc2c2c3c(ccc21)-c1ccccc1C3(C)C. The Labute approximate surface area is 313 Å². The summed E-state index contributed by atoms with van der Waals surface area (Å²) in [7, 11) is 0. The summed E-state index contributed by atoms with van der Waals surface area (Å²) in [5.41, 5.74) is 16.2. The average Bonchev–Trinajstić information content (AvgIpc) is 3.86. The number of para-hydroxylation sites is 2. The van der Waals surface area contributed by atoms with Crippen LogP contribution >= 0.6 is 0 Å². The van der Waals surface area contributed by atoms with Gasteiger partial charge in [0, 0.05) is 32.4 Å². The van der Waals surface area contributed by atoms with E-state index in [0.717, 1.165) is 32.8 Å². The van der Waals surface area contributed by atoms with Gasteiger partial charge in [-0.3, -0.25) is 0 Å². The largest absolute Gasteiger partial charge is 0.306 e. The van der Waals surface area contributed by atoms with Gasteiger partial charge in [-0.1, -0.05) is 125 Å². The normalized spacial score (nSPS) is 14.6. The molecule has 4 heteroatoms. The van der Waals surface area contributed by atoms with Crippen molar-refractivity contribution in [1.82, 2.24) is 9.13 Å². The van der Waals surface area contributed by atoms with E-state index in [9.17, 15) is 10.5 Å². The van der Waals surface area contributed by atoms with Crippen molar-refractivity contribution in [2.24, 2.45) is 0 Å². The maximum atomic E-state index is 11.0. The summed E-state index contributed by atoms with van der Waals surface area (Å²) in [6.45, 7) is 9.29. The zero-order chi connectivity index (χ0) is 36.7. The number of hydrogen-bond acceptors (Lipinski definition) is 2. The Morgan fingerprint density at radius 2 is 0.796 bits per heavy atom. The van der Waals surface area contributed by atoms with Crippen molar-refractivity contribution in [3.8, 4) is 45.8 Å². The van der Waals surface area contributed by atoms with E-state index in [2.05, 4.69) is 170 Å². The van der Waals surface area contributed by atoms with Gasteiger partial charge in [-0.2, -0.15) is 10.5 Å². The van der Waals surface area contributed by atoms with Crippen LogP contribution in [0.2, 0.25) is 0 Å². The number of benzene rings is 7. The van der Waals surface area contributed by atoms with Crippen LogP contribution in [0.25, 0.3) is 77.2 Å². The molecule has 0 spiro atoms. The quantitative estimate of drug-likeness (QED) is 0.181. The van der Waals surface area contributed by atoms with Crippen LogP contribution in [0.4, 0.5) is 0 Å². The maximum Gasteiger partial charge on any atom is 0.101 e. The van der Waals surface area contributed by atoms with Gasteiger partial charge in [0.05, 0.1) is 44.6 Å². The Balaban J connectivity index is 1.31. The number of nitriles is 2. The molecule has 254 valence electrons. The second-order valence-electron chi connectivity index (χ2n) is 15.9. The lowest BCUT2D eigenvalue weighted by Crippen LogP contribution is -2.15. The molecule has 2 aromatic heterocycles. The van der Waals surface area contributed by atoms with Crippen molar-refractivity contribution in [2.75, 3.05) is 0 Å². The van der Waals surface area contributed by atoms with Gasteiger partial charge in [0.25, 0.3) is 0 Å². The van der Waals surface area contributed by atoms with Crippen molar-refractivity contribution >= 4 is 43.6 Å². The summed E-state index contributed by atoms with van der Waals surface area (Å²) in [4.78, 5) is 0. The minimum Gasteiger partial charge on any atom is -0.306 e. The number of aromatic nitrogens is 2. The van der Waals surface area contributed by atoms with Gasteiger partial charge in [-0.05, 0) is 80.9 Å². The smallest absolute Gasteiger partial charge is 0.101 e. The molecule has 2 aliphatic rings. The Bertz CT molecular complexity index is 3020. The fourth-order valence-corrected chi connectivity index (χ4v) is 10.4. The molecule has 0 radical (unpaired) electrons. The Morgan fingerprint density at radius 1 is 0.407 bits per heavy atom. The second-order valence-corrected chi connectivity index (χ2v) is 15.9. The Hall–Kier alpha value is -6.88. The van der Waals surface area contributed by atoms with E-state index in [1.165, 1.54) is 55.3 Å². The van der Waals surface area contributed by atoms with Gasteiger partial charge in [0.15, 0.2) is 0 Å². The summed E-state index contributed by atoms with van der Waals surface area (Å²) in [5.74, 6) is 0. The maximum absolute atomic E-state index is 11.0. The van der Waals surface area contributed by atoms with Crippen LogP contribution in [0, 0.1) is 22.7 Å².